The van der Waals surface area contributed by atoms with Crippen LogP contribution >= 0.6 is 0 Å². The normalized spacial score (nSPS) is 20.0. The molecule has 1 saturated carbocycles. The zero-order chi connectivity index (χ0) is 19.3. The van der Waals surface area contributed by atoms with Crippen LogP contribution in [0.25, 0.3) is 0 Å². The van der Waals surface area contributed by atoms with Crippen molar-refractivity contribution in [2.45, 2.75) is 37.6 Å². The zero-order valence-corrected chi connectivity index (χ0v) is 16.5. The molecule has 1 aliphatic carbocycles. The van der Waals surface area contributed by atoms with Crippen molar-refractivity contribution in [3.05, 3.63) is 24.3 Å². The van der Waals surface area contributed by atoms with Gasteiger partial charge < -0.3 is 14.5 Å². The number of ether oxygens (including phenoxy) is 1. The van der Waals surface area contributed by atoms with E-state index in [-0.39, 0.29) is 5.91 Å². The van der Waals surface area contributed by atoms with Crippen molar-refractivity contribution in [1.29, 1.82) is 5.26 Å². The van der Waals surface area contributed by atoms with E-state index in [2.05, 4.69) is 21.9 Å². The molecule has 2 fully saturated rings. The highest BCUT2D eigenvalue weighted by Crippen LogP contribution is 2.32. The van der Waals surface area contributed by atoms with Crippen LogP contribution in [0.15, 0.2) is 24.3 Å². The molecule has 0 unspecified atom stereocenters. The topological polar surface area (TPSA) is 59.8 Å². The van der Waals surface area contributed by atoms with Gasteiger partial charge in [-0.3, -0.25) is 9.69 Å². The van der Waals surface area contributed by atoms with Crippen molar-refractivity contribution in [3.63, 3.8) is 0 Å². The molecule has 0 bridgehead atoms. The number of methoxy groups -OCH3 is 1. The summed E-state index contributed by atoms with van der Waals surface area (Å²) in [5, 5.41) is 9.70. The van der Waals surface area contributed by atoms with Gasteiger partial charge >= 0.3 is 0 Å². The highest BCUT2D eigenvalue weighted by atomic mass is 16.5. The fourth-order valence-corrected chi connectivity index (χ4v) is 4.17. The Bertz CT molecular complexity index is 686. The molecule has 0 atom stereocenters. The second kappa shape index (κ2) is 8.62. The molecule has 1 aromatic rings. The Morgan fingerprint density at radius 1 is 1.22 bits per heavy atom. The smallest absolute Gasteiger partial charge is 0.237 e. The number of nitriles is 1. The maximum absolute atomic E-state index is 12.8. The summed E-state index contributed by atoms with van der Waals surface area (Å²) >= 11 is 0. The van der Waals surface area contributed by atoms with E-state index in [0.29, 0.717) is 6.54 Å². The van der Waals surface area contributed by atoms with Crippen LogP contribution in [0.4, 0.5) is 5.69 Å². The fraction of sp³-hybridized carbons (Fsp3) is 0.619. The molecular weight excluding hydrogens is 340 g/mol. The third-order valence-corrected chi connectivity index (χ3v) is 6.05. The SMILES string of the molecule is COc1cccc(N2CCN(CC(=O)N(C)C3(C#N)CCCCC3)CC2)c1. The predicted octanol–water partition coefficient (Wildman–Crippen LogP) is 2.50. The van der Waals surface area contributed by atoms with Crippen molar-refractivity contribution in [3.8, 4) is 11.8 Å². The van der Waals surface area contributed by atoms with Crippen LogP contribution in [0.2, 0.25) is 0 Å². The second-order valence-electron chi connectivity index (χ2n) is 7.62. The molecule has 1 amide bonds. The maximum atomic E-state index is 12.8. The van der Waals surface area contributed by atoms with Gasteiger partial charge in [0.05, 0.1) is 19.7 Å². The molecule has 1 heterocycles. The van der Waals surface area contributed by atoms with Gasteiger partial charge in [0, 0.05) is 45.0 Å². The van der Waals surface area contributed by atoms with E-state index < -0.39 is 5.54 Å². The molecule has 27 heavy (non-hydrogen) atoms. The quantitative estimate of drug-likeness (QED) is 0.797. The number of anilines is 1. The molecule has 1 aliphatic heterocycles. The van der Waals surface area contributed by atoms with Crippen molar-refractivity contribution >= 4 is 11.6 Å². The summed E-state index contributed by atoms with van der Waals surface area (Å²) in [5.41, 5.74) is 0.556. The summed E-state index contributed by atoms with van der Waals surface area (Å²) in [4.78, 5) is 19.1. The lowest BCUT2D eigenvalue weighted by molar-refractivity contribution is -0.136. The van der Waals surface area contributed by atoms with E-state index in [9.17, 15) is 10.1 Å². The van der Waals surface area contributed by atoms with E-state index >= 15 is 0 Å². The average molecular weight is 370 g/mol. The van der Waals surface area contributed by atoms with E-state index in [0.717, 1.165) is 69.7 Å². The molecule has 3 rings (SSSR count). The third kappa shape index (κ3) is 4.36. The van der Waals surface area contributed by atoms with Crippen LogP contribution in [0.1, 0.15) is 32.1 Å². The Balaban J connectivity index is 1.54. The number of likely N-dealkylation sites (N-methyl/N-ethyl adjacent to an activating group) is 1. The monoisotopic (exact) mass is 370 g/mol. The molecular formula is C21H30N4O2. The van der Waals surface area contributed by atoms with Crippen molar-refractivity contribution in [1.82, 2.24) is 9.80 Å². The molecule has 0 aromatic heterocycles. The van der Waals surface area contributed by atoms with Crippen LogP contribution < -0.4 is 9.64 Å². The van der Waals surface area contributed by atoms with Crippen molar-refractivity contribution < 1.29 is 9.53 Å². The van der Waals surface area contributed by atoms with Crippen LogP contribution in [0, 0.1) is 11.3 Å². The Morgan fingerprint density at radius 2 is 1.93 bits per heavy atom. The molecule has 0 radical (unpaired) electrons. The lowest BCUT2D eigenvalue weighted by Gasteiger charge is -2.41. The van der Waals surface area contributed by atoms with Crippen LogP contribution in [-0.2, 0) is 4.79 Å². The van der Waals surface area contributed by atoms with Gasteiger partial charge in [0.25, 0.3) is 0 Å². The summed E-state index contributed by atoms with van der Waals surface area (Å²) in [7, 11) is 3.49. The Morgan fingerprint density at radius 3 is 2.56 bits per heavy atom. The first-order valence-corrected chi connectivity index (χ1v) is 9.87. The second-order valence-corrected chi connectivity index (χ2v) is 7.62. The minimum Gasteiger partial charge on any atom is -0.497 e. The van der Waals surface area contributed by atoms with E-state index in [1.54, 1.807) is 12.0 Å². The van der Waals surface area contributed by atoms with Crippen LogP contribution in [0.5, 0.6) is 5.75 Å². The van der Waals surface area contributed by atoms with Gasteiger partial charge in [0.15, 0.2) is 0 Å². The van der Waals surface area contributed by atoms with Gasteiger partial charge in [-0.2, -0.15) is 5.26 Å². The van der Waals surface area contributed by atoms with Gasteiger partial charge in [-0.15, -0.1) is 0 Å². The number of nitrogens with zero attached hydrogens (tertiary/aromatic N) is 4. The molecule has 6 heteroatoms. The lowest BCUT2D eigenvalue weighted by atomic mass is 9.81. The first-order valence-electron chi connectivity index (χ1n) is 9.87. The Hall–Kier alpha value is -2.26. The number of carbonyl (C=O) groups is 1. The van der Waals surface area contributed by atoms with Gasteiger partial charge in [-0.05, 0) is 25.0 Å². The van der Waals surface area contributed by atoms with Gasteiger partial charge in [0.1, 0.15) is 11.3 Å². The average Bonchev–Trinajstić information content (AvgIpc) is 2.74. The van der Waals surface area contributed by atoms with E-state index in [1.807, 2.05) is 25.2 Å². The number of piperazine rings is 1. The summed E-state index contributed by atoms with van der Waals surface area (Å²) in [6.45, 7) is 3.85. The molecule has 1 saturated heterocycles. The molecule has 1 aromatic carbocycles. The summed E-state index contributed by atoms with van der Waals surface area (Å²) in [6, 6.07) is 10.5. The highest BCUT2D eigenvalue weighted by molar-refractivity contribution is 5.79. The number of hydrogen-bond acceptors (Lipinski definition) is 5. The summed E-state index contributed by atoms with van der Waals surface area (Å²) in [6.07, 6.45) is 4.83. The standard InChI is InChI=1S/C21H30N4O2/c1-23(21(17-22)9-4-3-5-10-21)20(26)16-24-11-13-25(14-12-24)18-7-6-8-19(15-18)27-2/h6-8,15H,3-5,9-14,16H2,1-2H3. The lowest BCUT2D eigenvalue weighted by Crippen LogP contribution is -2.55. The Labute approximate surface area is 162 Å². The predicted molar refractivity (Wildman–Crippen MR) is 106 cm³/mol. The van der Waals surface area contributed by atoms with Crippen molar-refractivity contribution in [2.75, 3.05) is 51.8 Å². The molecule has 2 aliphatic rings. The molecule has 0 N–H and O–H groups in total. The minimum absolute atomic E-state index is 0.0632. The fourth-order valence-electron chi connectivity index (χ4n) is 4.17. The minimum atomic E-state index is -0.599. The summed E-state index contributed by atoms with van der Waals surface area (Å²) < 4.78 is 5.31. The zero-order valence-electron chi connectivity index (χ0n) is 16.5. The number of hydrogen-bond donors (Lipinski definition) is 0. The molecule has 0 spiro atoms. The number of amides is 1. The van der Waals surface area contributed by atoms with E-state index in [4.69, 9.17) is 4.74 Å². The van der Waals surface area contributed by atoms with Crippen LogP contribution in [0.3, 0.4) is 0 Å². The molecule has 6 nitrogen and oxygen atoms in total. The van der Waals surface area contributed by atoms with Gasteiger partial charge in [-0.1, -0.05) is 25.3 Å². The summed E-state index contributed by atoms with van der Waals surface area (Å²) in [5.74, 6) is 0.925. The van der Waals surface area contributed by atoms with Gasteiger partial charge in [-0.25, -0.2) is 0 Å². The van der Waals surface area contributed by atoms with E-state index in [1.165, 1.54) is 0 Å². The maximum Gasteiger partial charge on any atom is 0.237 e. The Kier molecular flexibility index (Phi) is 6.22. The highest BCUT2D eigenvalue weighted by Gasteiger charge is 2.39. The van der Waals surface area contributed by atoms with Crippen LogP contribution in [-0.4, -0.2) is 68.1 Å². The first kappa shape index (κ1) is 19.5. The van der Waals surface area contributed by atoms with Gasteiger partial charge in [0.2, 0.25) is 5.91 Å². The third-order valence-electron chi connectivity index (χ3n) is 6.05. The first-order chi connectivity index (χ1) is 13.1. The largest absolute Gasteiger partial charge is 0.497 e. The van der Waals surface area contributed by atoms with Crippen molar-refractivity contribution in [2.24, 2.45) is 0 Å². The number of benzene rings is 1. The molecule has 146 valence electrons. The number of rotatable bonds is 5. The number of carbonyl (C=O) groups excluding carboxylic acids is 1.